The number of benzene rings is 3. The summed E-state index contributed by atoms with van der Waals surface area (Å²) in [7, 11) is 0. The number of quaternary nitrogens is 2. The second kappa shape index (κ2) is 18.3. The zero-order valence-corrected chi connectivity index (χ0v) is 26.1. The molecule has 0 radical (unpaired) electrons. The summed E-state index contributed by atoms with van der Waals surface area (Å²) in [6, 6.07) is 17.6. The van der Waals surface area contributed by atoms with Crippen LogP contribution in [0.15, 0.2) is 60.7 Å². The fraction of sp³-hybridized carbons (Fsp3) is 0.438. The Morgan fingerprint density at radius 3 is 1.13 bits per heavy atom. The highest BCUT2D eigenvalue weighted by Crippen LogP contribution is 2.38. The predicted octanol–water partition coefficient (Wildman–Crippen LogP) is 2.79. The average Bonchev–Trinajstić information content (AvgIpc) is 3.02. The van der Waals surface area contributed by atoms with Crippen LogP contribution in [0.2, 0.25) is 0 Å². The molecule has 3 aromatic carbocycles. The van der Waals surface area contributed by atoms with Gasteiger partial charge in [0, 0.05) is 54.7 Å². The van der Waals surface area contributed by atoms with Crippen LogP contribution in [0.25, 0.3) is 0 Å². The lowest BCUT2D eigenvalue weighted by atomic mass is 10.2. The zero-order valence-electron chi connectivity index (χ0n) is 26.1. The second-order valence-electron chi connectivity index (χ2n) is 11.2. The Bertz CT molecular complexity index is 1200. The first kappa shape index (κ1) is 36.6. The third-order valence-electron chi connectivity index (χ3n) is 7.61. The largest absolute Gasteiger partial charge is 0.633 e. The number of hydrogen-bond donors (Lipinski definition) is 10. The number of nitrogens with one attached hydrogen (secondary N) is 4. The van der Waals surface area contributed by atoms with E-state index >= 15 is 0 Å². The van der Waals surface area contributed by atoms with Gasteiger partial charge in [0.1, 0.15) is 37.7 Å². The van der Waals surface area contributed by atoms with Crippen molar-refractivity contribution in [3.63, 3.8) is 0 Å². The normalized spacial score (nSPS) is 11.8. The quantitative estimate of drug-likeness (QED) is 0.0251. The smallest absolute Gasteiger partial charge is 0.142 e. The van der Waals surface area contributed by atoms with Gasteiger partial charge in [-0.3, -0.25) is 0 Å². The Balaban J connectivity index is 1.51. The number of aromatic hydroxyl groups is 2. The number of anilines is 6. The van der Waals surface area contributed by atoms with Gasteiger partial charge in [0.25, 0.3) is 0 Å². The van der Waals surface area contributed by atoms with Crippen molar-refractivity contribution in [1.82, 2.24) is 0 Å². The molecular weight excluding hydrogens is 596 g/mol. The first-order valence-corrected chi connectivity index (χ1v) is 15.5. The van der Waals surface area contributed by atoms with Crippen molar-refractivity contribution in [3.05, 3.63) is 71.1 Å². The standard InChI is InChI=1S/C32H48N6O8/c39-19-15-37(45,16-20-40)13-1-11-33-25-3-7-27(8-4-25)35-29-23-30(32(44)24-31(29)43)36-28-9-5-26(6-10-28)34-12-2-14-38(46,17-21-41)18-22-42/h3-10,23-24,33-36,39-44H,1-2,11-22H2. The van der Waals surface area contributed by atoms with E-state index in [1.807, 2.05) is 48.5 Å². The first-order chi connectivity index (χ1) is 22.1. The summed E-state index contributed by atoms with van der Waals surface area (Å²) in [5.74, 6) is -0.262. The van der Waals surface area contributed by atoms with Gasteiger partial charge in [-0.05, 0) is 54.6 Å². The van der Waals surface area contributed by atoms with Gasteiger partial charge in [-0.25, -0.2) is 0 Å². The Labute approximate surface area is 269 Å². The molecule has 46 heavy (non-hydrogen) atoms. The predicted molar refractivity (Wildman–Crippen MR) is 180 cm³/mol. The molecule has 14 heteroatoms. The molecular formula is C32H48N6O8. The highest BCUT2D eigenvalue weighted by Gasteiger charge is 2.16. The summed E-state index contributed by atoms with van der Waals surface area (Å²) in [5, 5.41) is 95.3. The van der Waals surface area contributed by atoms with E-state index in [0.29, 0.717) is 48.7 Å². The van der Waals surface area contributed by atoms with Crippen molar-refractivity contribution in [2.45, 2.75) is 12.8 Å². The van der Waals surface area contributed by atoms with Crippen molar-refractivity contribution in [2.24, 2.45) is 0 Å². The van der Waals surface area contributed by atoms with E-state index in [-0.39, 0.29) is 77.2 Å². The Hall–Kier alpha value is -3.86. The van der Waals surface area contributed by atoms with Gasteiger partial charge in [0.15, 0.2) is 0 Å². The maximum atomic E-state index is 12.5. The summed E-state index contributed by atoms with van der Waals surface area (Å²) in [6.45, 7) is 0.996. The molecule has 0 bridgehead atoms. The van der Waals surface area contributed by atoms with Crippen LogP contribution in [0.4, 0.5) is 34.1 Å². The molecule has 0 spiro atoms. The molecule has 0 saturated carbocycles. The van der Waals surface area contributed by atoms with E-state index in [2.05, 4.69) is 21.3 Å². The van der Waals surface area contributed by atoms with Crippen molar-refractivity contribution >= 4 is 34.1 Å². The highest BCUT2D eigenvalue weighted by molar-refractivity contribution is 5.78. The van der Waals surface area contributed by atoms with E-state index in [1.54, 1.807) is 6.07 Å². The molecule has 0 fully saturated rings. The fourth-order valence-electron chi connectivity index (χ4n) is 5.03. The highest BCUT2D eigenvalue weighted by atomic mass is 16.6. The van der Waals surface area contributed by atoms with Gasteiger partial charge < -0.3 is 71.6 Å². The molecule has 0 aliphatic rings. The van der Waals surface area contributed by atoms with Crippen molar-refractivity contribution in [1.29, 1.82) is 0 Å². The van der Waals surface area contributed by atoms with Gasteiger partial charge in [0.05, 0.1) is 50.9 Å². The molecule has 0 heterocycles. The monoisotopic (exact) mass is 644 g/mol. The minimum atomic E-state index is -0.627. The van der Waals surface area contributed by atoms with Gasteiger partial charge in [0.2, 0.25) is 0 Å². The van der Waals surface area contributed by atoms with E-state index in [0.717, 1.165) is 11.4 Å². The maximum Gasteiger partial charge on any atom is 0.142 e. The second-order valence-corrected chi connectivity index (χ2v) is 11.2. The fourth-order valence-corrected chi connectivity index (χ4v) is 5.03. The van der Waals surface area contributed by atoms with Crippen LogP contribution in [0.1, 0.15) is 12.8 Å². The molecule has 3 aromatic rings. The first-order valence-electron chi connectivity index (χ1n) is 15.5. The van der Waals surface area contributed by atoms with Crippen LogP contribution in [0, 0.1) is 10.4 Å². The summed E-state index contributed by atoms with van der Waals surface area (Å²) < 4.78 is -1.25. The van der Waals surface area contributed by atoms with Crippen LogP contribution < -0.4 is 21.3 Å². The molecule has 0 aliphatic heterocycles. The van der Waals surface area contributed by atoms with Crippen LogP contribution >= 0.6 is 0 Å². The number of phenolic OH excluding ortho intramolecular Hbond substituents is 2. The lowest BCUT2D eigenvalue weighted by Gasteiger charge is -2.42. The molecule has 3 rings (SSSR count). The molecule has 0 amide bonds. The van der Waals surface area contributed by atoms with Crippen molar-refractivity contribution in [3.8, 4) is 11.5 Å². The topological polar surface area (TPSA) is 216 Å². The minimum absolute atomic E-state index is 0.0543. The lowest BCUT2D eigenvalue weighted by Crippen LogP contribution is -2.47. The molecule has 0 atom stereocenters. The third-order valence-corrected chi connectivity index (χ3v) is 7.61. The summed E-state index contributed by atoms with van der Waals surface area (Å²) in [6.07, 6.45) is 1.14. The SMILES string of the molecule is [O-][N+](CCO)(CCO)CCCNc1ccc(Nc2cc(Nc3ccc(NCCC[N+]([O-])(CCO)CCO)cc3)c(O)cc2O)cc1. The molecule has 0 aliphatic carbocycles. The number of rotatable bonds is 22. The van der Waals surface area contributed by atoms with E-state index in [9.17, 15) is 20.6 Å². The van der Waals surface area contributed by atoms with Crippen molar-refractivity contribution < 1.29 is 39.9 Å². The van der Waals surface area contributed by atoms with Crippen LogP contribution in [0.5, 0.6) is 11.5 Å². The number of aliphatic hydroxyl groups is 4. The Morgan fingerprint density at radius 2 is 0.804 bits per heavy atom. The minimum Gasteiger partial charge on any atom is -0.633 e. The molecule has 0 unspecified atom stereocenters. The van der Waals surface area contributed by atoms with Gasteiger partial charge >= 0.3 is 0 Å². The molecule has 0 aromatic heterocycles. The number of hydrogen-bond acceptors (Lipinski definition) is 12. The molecule has 14 nitrogen and oxygen atoms in total. The zero-order chi connectivity index (χ0) is 33.4. The number of phenols is 2. The van der Waals surface area contributed by atoms with E-state index in [4.69, 9.17) is 20.4 Å². The molecule has 0 saturated heterocycles. The summed E-state index contributed by atoms with van der Waals surface area (Å²) >= 11 is 0. The Morgan fingerprint density at radius 1 is 0.478 bits per heavy atom. The van der Waals surface area contributed by atoms with E-state index in [1.165, 1.54) is 6.07 Å². The number of nitrogens with zero attached hydrogens (tertiary/aromatic N) is 2. The molecule has 254 valence electrons. The summed E-state index contributed by atoms with van der Waals surface area (Å²) in [5.41, 5.74) is 3.86. The third kappa shape index (κ3) is 11.8. The van der Waals surface area contributed by atoms with Crippen LogP contribution in [-0.4, -0.2) is 119 Å². The van der Waals surface area contributed by atoms with Gasteiger partial charge in [-0.15, -0.1) is 0 Å². The number of hydroxylamine groups is 6. The Kier molecular flexibility index (Phi) is 14.6. The van der Waals surface area contributed by atoms with Gasteiger partial charge in [-0.2, -0.15) is 0 Å². The maximum absolute atomic E-state index is 12.5. The average molecular weight is 645 g/mol. The van der Waals surface area contributed by atoms with E-state index < -0.39 is 9.29 Å². The van der Waals surface area contributed by atoms with Gasteiger partial charge in [-0.1, -0.05) is 0 Å². The summed E-state index contributed by atoms with van der Waals surface area (Å²) in [4.78, 5) is 0. The lowest BCUT2D eigenvalue weighted by molar-refractivity contribution is -0.881. The van der Waals surface area contributed by atoms with Crippen LogP contribution in [-0.2, 0) is 0 Å². The van der Waals surface area contributed by atoms with Crippen LogP contribution in [0.3, 0.4) is 0 Å². The number of aliphatic hydroxyl groups excluding tert-OH is 4. The molecule has 10 N–H and O–H groups in total. The van der Waals surface area contributed by atoms with Crippen molar-refractivity contribution in [2.75, 3.05) is 100 Å².